The van der Waals surface area contributed by atoms with E-state index in [1.807, 2.05) is 35.9 Å². The number of hydrogen-bond donors (Lipinski definition) is 4. The van der Waals surface area contributed by atoms with Crippen LogP contribution in [0.25, 0.3) is 22.1 Å². The molecule has 0 amide bonds. The Balaban J connectivity index is 1.02. The van der Waals surface area contributed by atoms with Crippen LogP contribution >= 0.6 is 11.6 Å². The summed E-state index contributed by atoms with van der Waals surface area (Å²) in [6.45, 7) is 2.76. The van der Waals surface area contributed by atoms with E-state index in [9.17, 15) is 10.2 Å². The number of imidazole rings is 1. The summed E-state index contributed by atoms with van der Waals surface area (Å²) in [5, 5.41) is 23.3. The molecule has 0 bridgehead atoms. The van der Waals surface area contributed by atoms with Crippen molar-refractivity contribution in [1.82, 2.24) is 29.4 Å². The Morgan fingerprint density at radius 1 is 1.19 bits per heavy atom. The second-order valence-electron chi connectivity index (χ2n) is 11.0. The van der Waals surface area contributed by atoms with Crippen molar-refractivity contribution in [2.45, 2.75) is 63.3 Å². The zero-order valence-electron chi connectivity index (χ0n) is 21.2. The normalized spacial score (nSPS) is 27.9. The number of nitrogens with two attached hydrogens (primary N) is 1. The van der Waals surface area contributed by atoms with Gasteiger partial charge in [-0.25, -0.2) is 15.0 Å². The maximum Gasteiger partial charge on any atom is 0.145 e. The molecule has 0 radical (unpaired) electrons. The highest BCUT2D eigenvalue weighted by molar-refractivity contribution is 6.32. The Morgan fingerprint density at radius 3 is 2.81 bits per heavy atom. The molecule has 4 atom stereocenters. The summed E-state index contributed by atoms with van der Waals surface area (Å²) in [7, 11) is 2.14. The van der Waals surface area contributed by atoms with Gasteiger partial charge < -0.3 is 30.4 Å². The van der Waals surface area contributed by atoms with Gasteiger partial charge >= 0.3 is 0 Å². The first kappa shape index (κ1) is 24.6. The van der Waals surface area contributed by atoms with Gasteiger partial charge in [0, 0.05) is 36.1 Å². The first-order valence-electron chi connectivity index (χ1n) is 13.1. The number of H-pyrrole nitrogens is 1. The number of nitrogens with zero attached hydrogens (tertiary/aromatic N) is 5. The molecule has 4 aromatic rings. The van der Waals surface area contributed by atoms with Gasteiger partial charge in [0.1, 0.15) is 29.7 Å². The molecular formula is C27H34ClN7O2. The standard InChI is InChI=1S/C27H34ClN7O2/c1-14-7-20-21(11-19(14)28)33-23(32-20)4-3-15-8-17(9-15)34(2)12-16-10-22(25(37)24(16)36)35-6-5-18-26(29)30-13-31-27(18)35/h5-7,11,13,15-17,22,24-25,36-37H,3-4,8-10,12H2,1-2H3,(H,32,33)(H2,29,30,31)/t15?,16?,17?,22?,24-,25+/m1/s1. The number of nitrogen functional groups attached to an aromatic ring is 1. The van der Waals surface area contributed by atoms with E-state index < -0.39 is 12.2 Å². The third-order valence-electron chi connectivity index (χ3n) is 8.63. The molecule has 0 saturated heterocycles. The highest BCUT2D eigenvalue weighted by Crippen LogP contribution is 2.40. The number of rotatable bonds is 7. The molecule has 0 aliphatic heterocycles. The van der Waals surface area contributed by atoms with Crippen molar-refractivity contribution in [3.05, 3.63) is 47.1 Å². The first-order chi connectivity index (χ1) is 17.8. The number of anilines is 1. The average Bonchev–Trinajstić information content (AvgIpc) is 3.51. The zero-order chi connectivity index (χ0) is 25.8. The lowest BCUT2D eigenvalue weighted by molar-refractivity contribution is -0.00658. The highest BCUT2D eigenvalue weighted by Gasteiger charge is 2.44. The molecule has 3 aromatic heterocycles. The van der Waals surface area contributed by atoms with E-state index in [2.05, 4.69) is 26.9 Å². The van der Waals surface area contributed by atoms with Crippen molar-refractivity contribution in [3.63, 3.8) is 0 Å². The number of benzene rings is 1. The van der Waals surface area contributed by atoms with E-state index in [1.165, 1.54) is 6.33 Å². The number of nitrogens with one attached hydrogen (secondary N) is 1. The van der Waals surface area contributed by atoms with Gasteiger partial charge in [-0.1, -0.05) is 11.6 Å². The molecule has 0 spiro atoms. The molecule has 2 unspecified atom stereocenters. The summed E-state index contributed by atoms with van der Waals surface area (Å²) in [6.07, 6.45) is 6.73. The Hall–Kier alpha value is -2.72. The van der Waals surface area contributed by atoms with Crippen LogP contribution in [-0.4, -0.2) is 71.5 Å². The number of aliphatic hydroxyl groups is 2. The molecule has 2 fully saturated rings. The lowest BCUT2D eigenvalue weighted by atomic mass is 9.76. The molecule has 37 heavy (non-hydrogen) atoms. The van der Waals surface area contributed by atoms with Crippen molar-refractivity contribution >= 4 is 39.5 Å². The zero-order valence-corrected chi connectivity index (χ0v) is 21.9. The van der Waals surface area contributed by atoms with E-state index in [1.54, 1.807) is 0 Å². The number of aryl methyl sites for hydroxylation is 2. The van der Waals surface area contributed by atoms with Crippen LogP contribution < -0.4 is 5.73 Å². The smallest absolute Gasteiger partial charge is 0.145 e. The van der Waals surface area contributed by atoms with Crippen LogP contribution in [0.4, 0.5) is 5.82 Å². The molecule has 3 heterocycles. The molecule has 9 nitrogen and oxygen atoms in total. The highest BCUT2D eigenvalue weighted by atomic mass is 35.5. The lowest BCUT2D eigenvalue weighted by Gasteiger charge is -2.42. The molecule has 6 rings (SSSR count). The monoisotopic (exact) mass is 523 g/mol. The summed E-state index contributed by atoms with van der Waals surface area (Å²) in [4.78, 5) is 18.9. The van der Waals surface area contributed by atoms with E-state index >= 15 is 0 Å². The number of halogens is 1. The van der Waals surface area contributed by atoms with Crippen molar-refractivity contribution in [2.24, 2.45) is 11.8 Å². The fourth-order valence-corrected chi connectivity index (χ4v) is 6.44. The van der Waals surface area contributed by atoms with Crippen molar-refractivity contribution in [3.8, 4) is 0 Å². The van der Waals surface area contributed by atoms with Crippen LogP contribution in [0.1, 0.15) is 43.1 Å². The summed E-state index contributed by atoms with van der Waals surface area (Å²) < 4.78 is 1.94. The summed E-state index contributed by atoms with van der Waals surface area (Å²) in [6, 6.07) is 6.13. The fourth-order valence-electron chi connectivity index (χ4n) is 6.28. The molecule has 2 aliphatic carbocycles. The van der Waals surface area contributed by atoms with Crippen LogP contribution in [0.15, 0.2) is 30.7 Å². The van der Waals surface area contributed by atoms with Crippen LogP contribution in [-0.2, 0) is 6.42 Å². The molecule has 196 valence electrons. The van der Waals surface area contributed by atoms with Gasteiger partial charge in [0.05, 0.1) is 28.6 Å². The Bertz CT molecular complexity index is 1390. The van der Waals surface area contributed by atoms with Gasteiger partial charge in [-0.05, 0) is 69.3 Å². The number of hydrogen-bond acceptors (Lipinski definition) is 7. The Morgan fingerprint density at radius 2 is 2.00 bits per heavy atom. The lowest BCUT2D eigenvalue weighted by Crippen LogP contribution is -2.46. The van der Waals surface area contributed by atoms with Crippen LogP contribution in [0, 0.1) is 18.8 Å². The van der Waals surface area contributed by atoms with E-state index in [0.29, 0.717) is 29.8 Å². The number of fused-ring (bicyclic) bond motifs is 2. The largest absolute Gasteiger partial charge is 0.390 e. The summed E-state index contributed by atoms with van der Waals surface area (Å²) in [5.74, 6) is 2.11. The molecule has 10 heteroatoms. The van der Waals surface area contributed by atoms with Crippen molar-refractivity contribution in [1.29, 1.82) is 0 Å². The molecule has 2 saturated carbocycles. The fraction of sp³-hybridized carbons (Fsp3) is 0.519. The minimum Gasteiger partial charge on any atom is -0.390 e. The minimum absolute atomic E-state index is 0.00786. The van der Waals surface area contributed by atoms with Gasteiger partial charge in [0.25, 0.3) is 0 Å². The molecule has 2 aliphatic rings. The summed E-state index contributed by atoms with van der Waals surface area (Å²) >= 11 is 6.25. The van der Waals surface area contributed by atoms with Crippen molar-refractivity contribution < 1.29 is 10.2 Å². The van der Waals surface area contributed by atoms with Gasteiger partial charge in [0.2, 0.25) is 0 Å². The SMILES string of the molecule is Cc1cc2nc(CCC3CC(N(C)CC4CC(n5ccc6c(N)ncnc65)[C@H](O)[C@@H]4O)C3)[nH]c2cc1Cl. The second-order valence-corrected chi connectivity index (χ2v) is 11.4. The number of aliphatic hydroxyl groups excluding tert-OH is 2. The van der Waals surface area contributed by atoms with E-state index in [4.69, 9.17) is 22.3 Å². The van der Waals surface area contributed by atoms with Gasteiger partial charge in [-0.3, -0.25) is 0 Å². The first-order valence-corrected chi connectivity index (χ1v) is 13.4. The maximum atomic E-state index is 10.9. The van der Waals surface area contributed by atoms with E-state index in [-0.39, 0.29) is 12.0 Å². The minimum atomic E-state index is -0.846. The Kier molecular flexibility index (Phi) is 6.35. The van der Waals surface area contributed by atoms with Crippen molar-refractivity contribution in [2.75, 3.05) is 19.3 Å². The maximum absolute atomic E-state index is 10.9. The third-order valence-corrected chi connectivity index (χ3v) is 9.03. The van der Waals surface area contributed by atoms with Gasteiger partial charge in [-0.15, -0.1) is 0 Å². The Labute approximate surface area is 220 Å². The predicted molar refractivity (Wildman–Crippen MR) is 144 cm³/mol. The van der Waals surface area contributed by atoms with Gasteiger partial charge in [-0.2, -0.15) is 0 Å². The van der Waals surface area contributed by atoms with E-state index in [0.717, 1.165) is 65.1 Å². The molecular weight excluding hydrogens is 490 g/mol. The predicted octanol–water partition coefficient (Wildman–Crippen LogP) is 3.48. The third kappa shape index (κ3) is 4.48. The van der Waals surface area contributed by atoms with Gasteiger partial charge in [0.15, 0.2) is 0 Å². The number of aromatic nitrogens is 5. The topological polar surface area (TPSA) is 129 Å². The van der Waals surface area contributed by atoms with Crippen LogP contribution in [0.5, 0.6) is 0 Å². The molecule has 5 N–H and O–H groups in total. The quantitative estimate of drug-likeness (QED) is 0.292. The average molecular weight is 524 g/mol. The molecule has 1 aromatic carbocycles. The number of aromatic amines is 1. The van der Waals surface area contributed by atoms with Crippen LogP contribution in [0.2, 0.25) is 5.02 Å². The second kappa shape index (κ2) is 9.54. The van der Waals surface area contributed by atoms with Crippen LogP contribution in [0.3, 0.4) is 0 Å². The summed E-state index contributed by atoms with van der Waals surface area (Å²) in [5.41, 5.74) is 9.69.